The number of hydrogen-bond acceptors (Lipinski definition) is 5. The second-order valence-electron chi connectivity index (χ2n) is 8.18. The molecule has 0 N–H and O–H groups in total. The lowest BCUT2D eigenvalue weighted by atomic mass is 9.76. The molecule has 0 aromatic heterocycles. The van der Waals surface area contributed by atoms with Gasteiger partial charge in [-0.1, -0.05) is 13.0 Å². The van der Waals surface area contributed by atoms with Crippen molar-refractivity contribution in [2.45, 2.75) is 32.6 Å². The van der Waals surface area contributed by atoms with Crippen LogP contribution in [0.1, 0.15) is 49.3 Å². The van der Waals surface area contributed by atoms with Gasteiger partial charge in [-0.05, 0) is 42.4 Å². The summed E-state index contributed by atoms with van der Waals surface area (Å²) in [5, 5.41) is 11.0. The van der Waals surface area contributed by atoms with Crippen molar-refractivity contribution in [2.75, 3.05) is 0 Å². The Morgan fingerprint density at radius 2 is 2.14 bits per heavy atom. The normalized spacial score (nSPS) is 24.6. The van der Waals surface area contributed by atoms with Crippen LogP contribution in [0.5, 0.6) is 0 Å². The van der Waals surface area contributed by atoms with Crippen LogP contribution < -0.4 is 10.6 Å². The van der Waals surface area contributed by atoms with E-state index in [-0.39, 0.29) is 11.7 Å². The van der Waals surface area contributed by atoms with Crippen LogP contribution in [0.3, 0.4) is 0 Å². The van der Waals surface area contributed by atoms with Crippen molar-refractivity contribution >= 4 is 40.7 Å². The Kier molecular flexibility index (Phi) is 3.31. The van der Waals surface area contributed by atoms with Crippen LogP contribution >= 0.6 is 0 Å². The fourth-order valence-electron chi connectivity index (χ4n) is 5.21. The molecule has 140 valence electrons. The third-order valence-corrected chi connectivity index (χ3v) is 6.64. The summed E-state index contributed by atoms with van der Waals surface area (Å²) in [5.41, 5.74) is 8.31. The highest BCUT2D eigenvalue weighted by atomic mass is 16.1. The predicted octanol–water partition coefficient (Wildman–Crippen LogP) is 3.16. The van der Waals surface area contributed by atoms with Crippen LogP contribution in [0.15, 0.2) is 38.9 Å². The molecule has 3 heterocycles. The molecule has 0 bridgehead atoms. The number of nitrogens with zero attached hydrogens (tertiary/aromatic N) is 4. The number of rotatable bonds is 2. The van der Waals surface area contributed by atoms with E-state index in [1.807, 2.05) is 12.4 Å². The fourth-order valence-corrected chi connectivity index (χ4v) is 5.21. The average Bonchev–Trinajstić information content (AvgIpc) is 3.41. The second-order valence-corrected chi connectivity index (χ2v) is 8.18. The van der Waals surface area contributed by atoms with Crippen molar-refractivity contribution in [3.05, 3.63) is 51.2 Å². The van der Waals surface area contributed by atoms with Gasteiger partial charge in [0.1, 0.15) is 0 Å². The molecule has 3 aliphatic heterocycles. The molecule has 0 unspecified atom stereocenters. The first-order valence-electron chi connectivity index (χ1n) is 10.1. The van der Waals surface area contributed by atoms with Gasteiger partial charge in [0.15, 0.2) is 5.78 Å². The molecule has 6 rings (SSSR count). The Bertz CT molecular complexity index is 1340. The molecule has 0 fully saturated rings. The number of nitriles is 1. The van der Waals surface area contributed by atoms with E-state index in [4.69, 9.17) is 15.2 Å². The quantitative estimate of drug-likeness (QED) is 0.792. The Morgan fingerprint density at radius 3 is 3.00 bits per heavy atom. The zero-order chi connectivity index (χ0) is 19.7. The summed E-state index contributed by atoms with van der Waals surface area (Å²) in [6.07, 6.45) is 12.5. The average molecular weight is 378 g/mol. The van der Waals surface area contributed by atoms with Gasteiger partial charge in [-0.15, -0.1) is 0 Å². The van der Waals surface area contributed by atoms with Crippen LogP contribution in [0.25, 0.3) is 17.3 Å². The van der Waals surface area contributed by atoms with Crippen molar-refractivity contribution in [1.82, 2.24) is 0 Å². The Balaban J connectivity index is 1.59. The molecule has 29 heavy (non-hydrogen) atoms. The predicted molar refractivity (Wildman–Crippen MR) is 112 cm³/mol. The largest absolute Gasteiger partial charge is 0.295 e. The highest BCUT2D eigenvalue weighted by Gasteiger charge is 2.36. The highest BCUT2D eigenvalue weighted by molar-refractivity contribution is 6.34. The molecule has 1 aromatic carbocycles. The van der Waals surface area contributed by atoms with Gasteiger partial charge in [0.05, 0.1) is 22.8 Å². The molecule has 0 saturated carbocycles. The molecule has 5 heteroatoms. The van der Waals surface area contributed by atoms with Crippen LogP contribution in [-0.4, -0.2) is 17.7 Å². The van der Waals surface area contributed by atoms with E-state index in [0.29, 0.717) is 25.2 Å². The topological polar surface area (TPSA) is 77.9 Å². The van der Waals surface area contributed by atoms with Crippen molar-refractivity contribution in [2.24, 2.45) is 26.8 Å². The molecule has 0 spiro atoms. The maximum atomic E-state index is 12.1. The lowest BCUT2D eigenvalue weighted by Gasteiger charge is -2.26. The first-order chi connectivity index (χ1) is 14.2. The van der Waals surface area contributed by atoms with Gasteiger partial charge < -0.3 is 0 Å². The van der Waals surface area contributed by atoms with Gasteiger partial charge in [0, 0.05) is 58.4 Å². The zero-order valence-corrected chi connectivity index (χ0v) is 16.1. The first-order valence-corrected chi connectivity index (χ1v) is 10.1. The van der Waals surface area contributed by atoms with Gasteiger partial charge in [-0.2, -0.15) is 5.26 Å². The van der Waals surface area contributed by atoms with Gasteiger partial charge >= 0.3 is 0 Å². The van der Waals surface area contributed by atoms with E-state index in [1.165, 1.54) is 5.57 Å². The zero-order valence-electron chi connectivity index (χ0n) is 16.1. The van der Waals surface area contributed by atoms with Crippen molar-refractivity contribution in [1.29, 1.82) is 5.26 Å². The third-order valence-electron chi connectivity index (χ3n) is 6.64. The SMILES string of the molecule is C[C@@H]1C2=C(C=C[C@H]1CCC#N)N=c1c3c(c4c(c12)C=NC=4)C1=CC(=O)CCC1=N3. The van der Waals surface area contributed by atoms with Crippen LogP contribution in [0, 0.1) is 23.2 Å². The summed E-state index contributed by atoms with van der Waals surface area (Å²) in [6.45, 7) is 2.23. The van der Waals surface area contributed by atoms with Crippen LogP contribution in [-0.2, 0) is 4.79 Å². The van der Waals surface area contributed by atoms with E-state index < -0.39 is 0 Å². The first kappa shape index (κ1) is 16.6. The summed E-state index contributed by atoms with van der Waals surface area (Å²) >= 11 is 0. The number of carbonyl (C=O) groups is 1. The number of aliphatic imine (C=N–C) groups is 2. The molecule has 0 amide bonds. The molecular weight excluding hydrogens is 360 g/mol. The fraction of sp³-hybridized carbons (Fsp3) is 0.292. The second kappa shape index (κ2) is 5.81. The minimum atomic E-state index is 0.159. The summed E-state index contributed by atoms with van der Waals surface area (Å²) in [7, 11) is 0. The molecule has 0 radical (unpaired) electrons. The van der Waals surface area contributed by atoms with E-state index in [9.17, 15) is 4.79 Å². The van der Waals surface area contributed by atoms with E-state index >= 15 is 0 Å². The number of benzene rings is 1. The maximum Gasteiger partial charge on any atom is 0.156 e. The number of fused-ring (bicyclic) bond motifs is 9. The summed E-state index contributed by atoms with van der Waals surface area (Å²) in [6, 6.07) is 2.27. The van der Waals surface area contributed by atoms with Crippen molar-refractivity contribution in [3.63, 3.8) is 0 Å². The Hall–Kier alpha value is -3.39. The highest BCUT2D eigenvalue weighted by Crippen LogP contribution is 2.44. The van der Waals surface area contributed by atoms with Gasteiger partial charge in [0.25, 0.3) is 0 Å². The van der Waals surface area contributed by atoms with Gasteiger partial charge in [-0.25, -0.2) is 9.98 Å². The van der Waals surface area contributed by atoms with Crippen LogP contribution in [0.4, 0.5) is 5.69 Å². The smallest absolute Gasteiger partial charge is 0.156 e. The van der Waals surface area contributed by atoms with Gasteiger partial charge in [-0.3, -0.25) is 9.79 Å². The summed E-state index contributed by atoms with van der Waals surface area (Å²) in [5.74, 6) is 0.767. The van der Waals surface area contributed by atoms with E-state index in [2.05, 4.69) is 30.1 Å². The van der Waals surface area contributed by atoms with Gasteiger partial charge in [0.2, 0.25) is 0 Å². The molecule has 5 aliphatic rings. The third kappa shape index (κ3) is 2.14. The number of allylic oxidation sites excluding steroid dienone is 5. The van der Waals surface area contributed by atoms with Crippen LogP contribution in [0.2, 0.25) is 0 Å². The van der Waals surface area contributed by atoms with E-state index in [1.54, 1.807) is 6.08 Å². The number of ketones is 1. The molecular formula is C24H18N4O. The molecule has 5 nitrogen and oxygen atoms in total. The number of carbonyl (C=O) groups excluding carboxylic acids is 1. The Morgan fingerprint density at radius 1 is 1.24 bits per heavy atom. The monoisotopic (exact) mass is 378 g/mol. The minimum absolute atomic E-state index is 0.159. The molecule has 2 atom stereocenters. The van der Waals surface area contributed by atoms with Crippen molar-refractivity contribution in [3.8, 4) is 6.07 Å². The molecule has 0 saturated heterocycles. The lowest BCUT2D eigenvalue weighted by Crippen LogP contribution is -2.25. The molecule has 1 aromatic rings. The Labute approximate surface area is 167 Å². The standard InChI is InChI=1S/C24H18N4O/c1-12-13(3-2-8-25)4-6-19-20(12)22-17-11-26-10-16(17)21-15-9-14(29)5-7-18(15)27-23(21)24(22)28-19/h4,6,9-13H,2-3,5,7H2,1H3/t12-,13+/m0/s1. The number of hydrogen-bond donors (Lipinski definition) is 0. The summed E-state index contributed by atoms with van der Waals surface area (Å²) in [4.78, 5) is 26.5. The summed E-state index contributed by atoms with van der Waals surface area (Å²) < 4.78 is 0. The minimum Gasteiger partial charge on any atom is -0.295 e. The maximum absolute atomic E-state index is 12.1. The van der Waals surface area contributed by atoms with E-state index in [0.717, 1.165) is 56.4 Å². The van der Waals surface area contributed by atoms with Crippen molar-refractivity contribution < 1.29 is 4.79 Å². The lowest BCUT2D eigenvalue weighted by molar-refractivity contribution is -0.114. The molecule has 2 aliphatic carbocycles.